The molecule has 7 heteroatoms. The Balaban J connectivity index is 1.72. The lowest BCUT2D eigenvalue weighted by atomic mass is 10.2. The number of ether oxygens (including phenoxy) is 1. The van der Waals surface area contributed by atoms with E-state index in [-0.39, 0.29) is 5.69 Å². The molecule has 27 heavy (non-hydrogen) atoms. The van der Waals surface area contributed by atoms with Gasteiger partial charge in [-0.15, -0.1) is 0 Å². The molecule has 0 atom stereocenters. The van der Waals surface area contributed by atoms with Crippen molar-refractivity contribution in [3.63, 3.8) is 0 Å². The number of nitrogens with zero attached hydrogens (tertiary/aromatic N) is 1. The number of halogens is 2. The maximum absolute atomic E-state index is 10.9. The van der Waals surface area contributed by atoms with Crippen LogP contribution in [-0.2, 0) is 13.2 Å². The number of rotatable bonds is 7. The van der Waals surface area contributed by atoms with Crippen molar-refractivity contribution in [2.75, 3.05) is 5.32 Å². The Kier molecular flexibility index (Phi) is 6.16. The highest BCUT2D eigenvalue weighted by Gasteiger charge is 2.08. The molecular formula is C20H16Cl2N2O3. The molecule has 0 spiro atoms. The third-order valence-corrected chi connectivity index (χ3v) is 4.32. The van der Waals surface area contributed by atoms with Gasteiger partial charge >= 0.3 is 0 Å². The molecule has 0 fully saturated rings. The number of hydrogen-bond acceptors (Lipinski definition) is 4. The van der Waals surface area contributed by atoms with E-state index in [1.54, 1.807) is 30.3 Å². The molecule has 0 aliphatic heterocycles. The molecule has 0 heterocycles. The van der Waals surface area contributed by atoms with E-state index in [0.717, 1.165) is 11.1 Å². The van der Waals surface area contributed by atoms with E-state index >= 15 is 0 Å². The van der Waals surface area contributed by atoms with Gasteiger partial charge in [-0.1, -0.05) is 41.4 Å². The van der Waals surface area contributed by atoms with Crippen LogP contribution in [0.3, 0.4) is 0 Å². The maximum atomic E-state index is 10.9. The smallest absolute Gasteiger partial charge is 0.271 e. The molecule has 0 aromatic heterocycles. The van der Waals surface area contributed by atoms with Crippen molar-refractivity contribution < 1.29 is 9.66 Å². The Morgan fingerprint density at radius 3 is 2.52 bits per heavy atom. The van der Waals surface area contributed by atoms with E-state index < -0.39 is 4.92 Å². The molecule has 0 saturated heterocycles. The molecule has 0 saturated carbocycles. The number of nitro benzene ring substituents is 1. The zero-order chi connectivity index (χ0) is 19.2. The molecule has 1 N–H and O–H groups in total. The molecule has 138 valence electrons. The molecule has 3 aromatic carbocycles. The first-order valence-corrected chi connectivity index (χ1v) is 8.91. The first kappa shape index (κ1) is 19.0. The molecule has 0 aliphatic carbocycles. The summed E-state index contributed by atoms with van der Waals surface area (Å²) >= 11 is 12.1. The van der Waals surface area contributed by atoms with Gasteiger partial charge < -0.3 is 10.1 Å². The number of nitro groups is 1. The van der Waals surface area contributed by atoms with Crippen molar-refractivity contribution in [1.82, 2.24) is 0 Å². The second-order valence-electron chi connectivity index (χ2n) is 5.83. The second-order valence-corrected chi connectivity index (χ2v) is 6.70. The number of anilines is 1. The minimum absolute atomic E-state index is 0.0310. The summed E-state index contributed by atoms with van der Waals surface area (Å²) in [7, 11) is 0. The minimum Gasteiger partial charge on any atom is -0.489 e. The van der Waals surface area contributed by atoms with E-state index in [9.17, 15) is 10.1 Å². The number of hydrogen-bond donors (Lipinski definition) is 1. The van der Waals surface area contributed by atoms with Crippen LogP contribution in [0.5, 0.6) is 5.75 Å². The second kappa shape index (κ2) is 8.75. The third kappa shape index (κ3) is 5.36. The molecular weight excluding hydrogens is 387 g/mol. The molecule has 0 aliphatic rings. The molecule has 5 nitrogen and oxygen atoms in total. The molecule has 3 aromatic rings. The van der Waals surface area contributed by atoms with Gasteiger partial charge in [0.2, 0.25) is 0 Å². The highest BCUT2D eigenvalue weighted by atomic mass is 35.5. The van der Waals surface area contributed by atoms with Crippen LogP contribution >= 0.6 is 23.2 Å². The van der Waals surface area contributed by atoms with Crippen LogP contribution in [0.1, 0.15) is 11.1 Å². The Bertz CT molecular complexity index is 963. The van der Waals surface area contributed by atoms with Gasteiger partial charge in [-0.05, 0) is 42.0 Å². The van der Waals surface area contributed by atoms with Crippen molar-refractivity contribution in [2.24, 2.45) is 0 Å². The van der Waals surface area contributed by atoms with Crippen LogP contribution in [0.2, 0.25) is 10.0 Å². The van der Waals surface area contributed by atoms with Crippen LogP contribution in [0.4, 0.5) is 11.4 Å². The summed E-state index contributed by atoms with van der Waals surface area (Å²) in [6, 6.07) is 19.2. The van der Waals surface area contributed by atoms with Crippen molar-refractivity contribution in [3.05, 3.63) is 98.0 Å². The van der Waals surface area contributed by atoms with Gasteiger partial charge in [-0.2, -0.15) is 0 Å². The molecule has 0 bridgehead atoms. The summed E-state index contributed by atoms with van der Waals surface area (Å²) in [4.78, 5) is 10.5. The van der Waals surface area contributed by atoms with E-state index in [0.29, 0.717) is 34.6 Å². The predicted octanol–water partition coefficient (Wildman–Crippen LogP) is 6.09. The van der Waals surface area contributed by atoms with Gasteiger partial charge in [-0.25, -0.2) is 0 Å². The van der Waals surface area contributed by atoms with Crippen molar-refractivity contribution in [3.8, 4) is 5.75 Å². The van der Waals surface area contributed by atoms with E-state index in [1.165, 1.54) is 12.1 Å². The predicted molar refractivity (Wildman–Crippen MR) is 108 cm³/mol. The first-order valence-electron chi connectivity index (χ1n) is 8.15. The van der Waals surface area contributed by atoms with Crippen LogP contribution in [0.15, 0.2) is 66.7 Å². The van der Waals surface area contributed by atoms with Gasteiger partial charge in [-0.3, -0.25) is 10.1 Å². The van der Waals surface area contributed by atoms with Crippen molar-refractivity contribution in [2.45, 2.75) is 13.2 Å². The van der Waals surface area contributed by atoms with Crippen LogP contribution in [0.25, 0.3) is 0 Å². The Morgan fingerprint density at radius 1 is 0.963 bits per heavy atom. The summed E-state index contributed by atoms with van der Waals surface area (Å²) in [5.41, 5.74) is 2.47. The normalized spacial score (nSPS) is 10.4. The summed E-state index contributed by atoms with van der Waals surface area (Å²) in [5.74, 6) is 0.678. The summed E-state index contributed by atoms with van der Waals surface area (Å²) < 4.78 is 5.92. The third-order valence-electron chi connectivity index (χ3n) is 3.85. The summed E-state index contributed by atoms with van der Waals surface area (Å²) in [6.07, 6.45) is 0. The molecule has 0 unspecified atom stereocenters. The minimum atomic E-state index is -0.426. The zero-order valence-corrected chi connectivity index (χ0v) is 15.7. The molecule has 0 radical (unpaired) electrons. The standard InChI is InChI=1S/C20H16Cl2N2O3/c21-16-4-1-3-14(9-16)13-27-20-8-7-17(22)10-15(20)12-23-18-5-2-6-19(11-18)24(25)26/h1-11,23H,12-13H2. The van der Waals surface area contributed by atoms with Crippen LogP contribution in [-0.4, -0.2) is 4.92 Å². The van der Waals surface area contributed by atoms with Gasteiger partial charge in [0.25, 0.3) is 5.69 Å². The van der Waals surface area contributed by atoms with Gasteiger partial charge in [0, 0.05) is 40.0 Å². The van der Waals surface area contributed by atoms with Gasteiger partial charge in [0.15, 0.2) is 0 Å². The fourth-order valence-electron chi connectivity index (χ4n) is 2.54. The van der Waals surface area contributed by atoms with E-state index in [1.807, 2.05) is 24.3 Å². The Labute approximate surface area is 166 Å². The largest absolute Gasteiger partial charge is 0.489 e. The molecule has 3 rings (SSSR count). The lowest BCUT2D eigenvalue weighted by Crippen LogP contribution is -2.04. The maximum Gasteiger partial charge on any atom is 0.271 e. The number of nitrogens with one attached hydrogen (secondary N) is 1. The fraction of sp³-hybridized carbons (Fsp3) is 0.100. The monoisotopic (exact) mass is 402 g/mol. The lowest BCUT2D eigenvalue weighted by Gasteiger charge is -2.14. The molecule has 0 amide bonds. The Morgan fingerprint density at radius 2 is 1.74 bits per heavy atom. The SMILES string of the molecule is O=[N+]([O-])c1cccc(NCc2cc(Cl)ccc2OCc2cccc(Cl)c2)c1. The lowest BCUT2D eigenvalue weighted by molar-refractivity contribution is -0.384. The summed E-state index contributed by atoms with van der Waals surface area (Å²) in [6.45, 7) is 0.776. The highest BCUT2D eigenvalue weighted by molar-refractivity contribution is 6.30. The quantitative estimate of drug-likeness (QED) is 0.383. The van der Waals surface area contributed by atoms with Crippen LogP contribution in [0, 0.1) is 10.1 Å². The zero-order valence-electron chi connectivity index (χ0n) is 14.2. The Hall–Kier alpha value is -2.76. The highest BCUT2D eigenvalue weighted by Crippen LogP contribution is 2.26. The van der Waals surface area contributed by atoms with Crippen molar-refractivity contribution >= 4 is 34.6 Å². The topological polar surface area (TPSA) is 64.4 Å². The fourth-order valence-corrected chi connectivity index (χ4v) is 2.95. The number of benzene rings is 3. The summed E-state index contributed by atoms with van der Waals surface area (Å²) in [5, 5.41) is 15.3. The van der Waals surface area contributed by atoms with Gasteiger partial charge in [0.05, 0.1) is 4.92 Å². The average molecular weight is 403 g/mol. The van der Waals surface area contributed by atoms with E-state index in [4.69, 9.17) is 27.9 Å². The average Bonchev–Trinajstić information content (AvgIpc) is 2.66. The number of non-ortho nitro benzene ring substituents is 1. The van der Waals surface area contributed by atoms with E-state index in [2.05, 4.69) is 5.32 Å². The first-order chi connectivity index (χ1) is 13.0. The van der Waals surface area contributed by atoms with Crippen molar-refractivity contribution in [1.29, 1.82) is 0 Å². The van der Waals surface area contributed by atoms with Gasteiger partial charge in [0.1, 0.15) is 12.4 Å². The van der Waals surface area contributed by atoms with Crippen LogP contribution < -0.4 is 10.1 Å².